The zero-order chi connectivity index (χ0) is 9.47. The maximum absolute atomic E-state index is 11.0. The second kappa shape index (κ2) is 2.51. The number of aryl methyl sites for hydroxylation is 1. The number of carboxylic acid groups (broad SMARTS) is 1. The molecule has 1 aliphatic rings. The van der Waals surface area contributed by atoms with E-state index in [-0.39, 0.29) is 0 Å². The highest BCUT2D eigenvalue weighted by Crippen LogP contribution is 2.39. The number of aromatic nitrogens is 4. The van der Waals surface area contributed by atoms with E-state index in [9.17, 15) is 4.79 Å². The van der Waals surface area contributed by atoms with Crippen molar-refractivity contribution in [3.63, 3.8) is 0 Å². The van der Waals surface area contributed by atoms with Crippen molar-refractivity contribution in [3.8, 4) is 0 Å². The van der Waals surface area contributed by atoms with Crippen LogP contribution in [0, 0.1) is 6.92 Å². The molecule has 0 saturated heterocycles. The Balaban J connectivity index is 2.43. The van der Waals surface area contributed by atoms with Crippen LogP contribution in [0.2, 0.25) is 0 Å². The van der Waals surface area contributed by atoms with E-state index in [1.54, 1.807) is 6.92 Å². The molecule has 1 fully saturated rings. The number of rotatable bonds is 2. The van der Waals surface area contributed by atoms with Crippen LogP contribution < -0.4 is 0 Å². The van der Waals surface area contributed by atoms with Gasteiger partial charge in [0, 0.05) is 0 Å². The Bertz CT molecular complexity index is 342. The Hall–Kier alpha value is -1.46. The molecule has 1 heterocycles. The van der Waals surface area contributed by atoms with Gasteiger partial charge in [-0.15, -0.1) is 5.10 Å². The Kier molecular flexibility index (Phi) is 1.58. The second-order valence-corrected chi connectivity index (χ2v) is 3.33. The molecule has 0 radical (unpaired) electrons. The van der Waals surface area contributed by atoms with Crippen LogP contribution in [-0.4, -0.2) is 31.3 Å². The summed E-state index contributed by atoms with van der Waals surface area (Å²) in [5.41, 5.74) is -0.867. The van der Waals surface area contributed by atoms with Crippen molar-refractivity contribution in [3.05, 3.63) is 5.82 Å². The summed E-state index contributed by atoms with van der Waals surface area (Å²) in [7, 11) is 0. The molecule has 0 aromatic carbocycles. The lowest BCUT2D eigenvalue weighted by Crippen LogP contribution is -2.49. The van der Waals surface area contributed by atoms with E-state index in [1.165, 1.54) is 4.68 Å². The molecular weight excluding hydrogens is 172 g/mol. The van der Waals surface area contributed by atoms with Crippen LogP contribution in [-0.2, 0) is 10.3 Å². The highest BCUT2D eigenvalue weighted by molar-refractivity contribution is 5.77. The average molecular weight is 182 g/mol. The van der Waals surface area contributed by atoms with Gasteiger partial charge in [0.15, 0.2) is 5.54 Å². The lowest BCUT2D eigenvalue weighted by Gasteiger charge is -2.37. The van der Waals surface area contributed by atoms with E-state index in [2.05, 4.69) is 15.5 Å². The first-order valence-corrected chi connectivity index (χ1v) is 4.16. The zero-order valence-electron chi connectivity index (χ0n) is 7.27. The van der Waals surface area contributed by atoms with Gasteiger partial charge in [0.1, 0.15) is 5.82 Å². The Labute approximate surface area is 74.6 Å². The molecule has 1 saturated carbocycles. The highest BCUT2D eigenvalue weighted by Gasteiger charge is 2.48. The van der Waals surface area contributed by atoms with Gasteiger partial charge in [-0.25, -0.2) is 9.48 Å². The Morgan fingerprint density at radius 1 is 1.62 bits per heavy atom. The summed E-state index contributed by atoms with van der Waals surface area (Å²) in [4.78, 5) is 11.0. The van der Waals surface area contributed by atoms with Crippen LogP contribution in [0.1, 0.15) is 25.1 Å². The smallest absolute Gasteiger partial charge is 0.331 e. The van der Waals surface area contributed by atoms with Gasteiger partial charge < -0.3 is 5.11 Å². The first kappa shape index (κ1) is 8.15. The SMILES string of the molecule is Cc1nnnn1C1(C(=O)O)CCC1. The molecule has 0 amide bonds. The molecule has 0 bridgehead atoms. The fraction of sp³-hybridized carbons (Fsp3) is 0.714. The van der Waals surface area contributed by atoms with Gasteiger partial charge >= 0.3 is 5.97 Å². The molecule has 70 valence electrons. The Morgan fingerprint density at radius 3 is 2.62 bits per heavy atom. The van der Waals surface area contributed by atoms with E-state index in [0.29, 0.717) is 18.7 Å². The van der Waals surface area contributed by atoms with Crippen LogP contribution in [0.3, 0.4) is 0 Å². The molecule has 1 N–H and O–H groups in total. The standard InChI is InChI=1S/C7H10N4O2/c1-5-8-9-10-11(5)7(6(12)13)3-2-4-7/h2-4H2,1H3,(H,12,13). The monoisotopic (exact) mass is 182 g/mol. The van der Waals surface area contributed by atoms with Crippen LogP contribution in [0.5, 0.6) is 0 Å². The summed E-state index contributed by atoms with van der Waals surface area (Å²) in [5.74, 6) is -0.281. The normalized spacial score (nSPS) is 19.5. The lowest BCUT2D eigenvalue weighted by atomic mass is 9.77. The van der Waals surface area contributed by atoms with Gasteiger partial charge in [-0.2, -0.15) is 0 Å². The summed E-state index contributed by atoms with van der Waals surface area (Å²) in [6.07, 6.45) is 2.16. The number of hydrogen-bond donors (Lipinski definition) is 1. The molecule has 6 heteroatoms. The van der Waals surface area contributed by atoms with Crippen LogP contribution in [0.15, 0.2) is 0 Å². The fourth-order valence-corrected chi connectivity index (χ4v) is 1.66. The number of tetrazole rings is 1. The summed E-state index contributed by atoms with van der Waals surface area (Å²) < 4.78 is 1.42. The number of hydrogen-bond acceptors (Lipinski definition) is 4. The van der Waals surface area contributed by atoms with Gasteiger partial charge in [-0.3, -0.25) is 0 Å². The summed E-state index contributed by atoms with van der Waals surface area (Å²) >= 11 is 0. The molecule has 1 aliphatic carbocycles. The number of nitrogens with zero attached hydrogens (tertiary/aromatic N) is 4. The third-order valence-corrected chi connectivity index (χ3v) is 2.61. The molecule has 0 spiro atoms. The molecule has 13 heavy (non-hydrogen) atoms. The van der Waals surface area contributed by atoms with Gasteiger partial charge in [0.25, 0.3) is 0 Å². The fourth-order valence-electron chi connectivity index (χ4n) is 1.66. The van der Waals surface area contributed by atoms with Crippen molar-refractivity contribution in [1.29, 1.82) is 0 Å². The number of aliphatic carboxylic acids is 1. The van der Waals surface area contributed by atoms with Crippen molar-refractivity contribution in [1.82, 2.24) is 20.2 Å². The minimum Gasteiger partial charge on any atom is -0.479 e. The van der Waals surface area contributed by atoms with E-state index in [1.807, 2.05) is 0 Å². The Morgan fingerprint density at radius 2 is 2.31 bits per heavy atom. The predicted molar refractivity (Wildman–Crippen MR) is 42.0 cm³/mol. The van der Waals surface area contributed by atoms with Gasteiger partial charge in [0.05, 0.1) is 0 Å². The van der Waals surface area contributed by atoms with E-state index in [4.69, 9.17) is 5.11 Å². The maximum atomic E-state index is 11.0. The predicted octanol–water partition coefficient (Wildman–Crippen LogP) is -0.0547. The average Bonchev–Trinajstić information content (AvgIpc) is 2.34. The van der Waals surface area contributed by atoms with E-state index < -0.39 is 11.5 Å². The minimum atomic E-state index is -0.867. The van der Waals surface area contributed by atoms with Gasteiger partial charge in [-0.05, 0) is 36.6 Å². The molecule has 1 aromatic rings. The number of carboxylic acids is 1. The molecule has 0 aliphatic heterocycles. The first-order chi connectivity index (χ1) is 6.17. The van der Waals surface area contributed by atoms with E-state index in [0.717, 1.165) is 6.42 Å². The summed E-state index contributed by atoms with van der Waals surface area (Å²) in [6.45, 7) is 1.71. The van der Waals surface area contributed by atoms with Crippen molar-refractivity contribution < 1.29 is 9.90 Å². The third kappa shape index (κ3) is 0.944. The number of carbonyl (C=O) groups is 1. The van der Waals surface area contributed by atoms with Crippen molar-refractivity contribution in [2.45, 2.75) is 31.7 Å². The van der Waals surface area contributed by atoms with Crippen LogP contribution in [0.25, 0.3) is 0 Å². The molecule has 6 nitrogen and oxygen atoms in total. The van der Waals surface area contributed by atoms with Crippen molar-refractivity contribution in [2.24, 2.45) is 0 Å². The van der Waals surface area contributed by atoms with Crippen molar-refractivity contribution in [2.75, 3.05) is 0 Å². The quantitative estimate of drug-likeness (QED) is 0.693. The molecular formula is C7H10N4O2. The van der Waals surface area contributed by atoms with Crippen molar-refractivity contribution >= 4 is 5.97 Å². The van der Waals surface area contributed by atoms with Crippen LogP contribution >= 0.6 is 0 Å². The summed E-state index contributed by atoms with van der Waals surface area (Å²) in [5, 5.41) is 19.9. The van der Waals surface area contributed by atoms with E-state index >= 15 is 0 Å². The third-order valence-electron chi connectivity index (χ3n) is 2.61. The van der Waals surface area contributed by atoms with Crippen LogP contribution in [0.4, 0.5) is 0 Å². The van der Waals surface area contributed by atoms with Gasteiger partial charge in [0.2, 0.25) is 0 Å². The largest absolute Gasteiger partial charge is 0.479 e. The zero-order valence-corrected chi connectivity index (χ0v) is 7.27. The molecule has 2 rings (SSSR count). The topological polar surface area (TPSA) is 80.9 Å². The lowest BCUT2D eigenvalue weighted by molar-refractivity contribution is -0.153. The molecule has 0 atom stereocenters. The molecule has 1 aromatic heterocycles. The van der Waals surface area contributed by atoms with Gasteiger partial charge in [-0.1, -0.05) is 0 Å². The molecule has 0 unspecified atom stereocenters. The summed E-state index contributed by atoms with van der Waals surface area (Å²) in [6, 6.07) is 0. The maximum Gasteiger partial charge on any atom is 0.331 e. The minimum absolute atomic E-state index is 0.558. The second-order valence-electron chi connectivity index (χ2n) is 3.33. The highest BCUT2D eigenvalue weighted by atomic mass is 16.4. The first-order valence-electron chi connectivity index (χ1n) is 4.16.